The Morgan fingerprint density at radius 1 is 1.10 bits per heavy atom. The van der Waals surface area contributed by atoms with E-state index >= 15 is 0 Å². The molecule has 0 spiro atoms. The number of nitrogens with two attached hydrogens (primary N) is 2. The van der Waals surface area contributed by atoms with Gasteiger partial charge in [-0.25, -0.2) is 9.13 Å². The number of hydrogen-bond acceptors (Lipinski definition) is 6. The summed E-state index contributed by atoms with van der Waals surface area (Å²) in [6.07, 6.45) is 8.30. The average Bonchev–Trinajstić information content (AvgIpc) is 3.39. The van der Waals surface area contributed by atoms with Gasteiger partial charge >= 0.3 is 5.95 Å². The number of imidazole rings is 1. The van der Waals surface area contributed by atoms with Gasteiger partial charge in [-0.3, -0.25) is 0 Å². The molecule has 8 nitrogen and oxygen atoms in total. The van der Waals surface area contributed by atoms with Crippen LogP contribution in [-0.2, 0) is 13.1 Å². The van der Waals surface area contributed by atoms with Crippen molar-refractivity contribution in [2.24, 2.45) is 21.7 Å². The van der Waals surface area contributed by atoms with Crippen LogP contribution in [0.3, 0.4) is 0 Å². The average molecular weight is 466 g/mol. The molecule has 160 valence electrons. The van der Waals surface area contributed by atoms with Crippen molar-refractivity contribution in [1.82, 2.24) is 4.57 Å². The molecule has 29 heavy (non-hydrogen) atoms. The number of aryl methyl sites for hydroxylation is 2. The van der Waals surface area contributed by atoms with Gasteiger partial charge in [-0.05, 0) is 50.9 Å². The van der Waals surface area contributed by atoms with Gasteiger partial charge in [0.2, 0.25) is 0 Å². The molecule has 0 atom stereocenters. The van der Waals surface area contributed by atoms with Crippen molar-refractivity contribution in [2.45, 2.75) is 38.8 Å². The summed E-state index contributed by atoms with van der Waals surface area (Å²) in [5, 5.41) is 9.03. The Labute approximate surface area is 183 Å². The van der Waals surface area contributed by atoms with E-state index in [4.69, 9.17) is 16.2 Å². The predicted molar refractivity (Wildman–Crippen MR) is 111 cm³/mol. The van der Waals surface area contributed by atoms with E-state index in [0.29, 0.717) is 13.1 Å². The summed E-state index contributed by atoms with van der Waals surface area (Å²) >= 11 is 0. The monoisotopic (exact) mass is 465 g/mol. The molecule has 2 heterocycles. The molecule has 9 heteroatoms. The summed E-state index contributed by atoms with van der Waals surface area (Å²) in [5.74, 6) is 1.65. The van der Waals surface area contributed by atoms with Gasteiger partial charge in [0.1, 0.15) is 11.4 Å². The van der Waals surface area contributed by atoms with Gasteiger partial charge < -0.3 is 38.1 Å². The minimum atomic E-state index is 0. The molecule has 4 N–H and O–H groups in total. The second-order valence-electron chi connectivity index (χ2n) is 7.02. The van der Waals surface area contributed by atoms with E-state index < -0.39 is 0 Å². The fraction of sp³-hybridized carbons (Fsp3) is 0.550. The Hall–Kier alpha value is -1.97. The highest BCUT2D eigenvalue weighted by Gasteiger charge is 2.18. The molecule has 3 rings (SSSR count). The highest BCUT2D eigenvalue weighted by atomic mass is 79.9. The van der Waals surface area contributed by atoms with Crippen LogP contribution in [0.1, 0.15) is 25.7 Å². The number of benzene rings is 1. The summed E-state index contributed by atoms with van der Waals surface area (Å²) in [6, 6.07) is 6.03. The molecule has 1 fully saturated rings. The maximum Gasteiger partial charge on any atom is 0.421 e. The number of hydrogen-bond donors (Lipinski definition) is 2. The van der Waals surface area contributed by atoms with Crippen LogP contribution in [0.15, 0.2) is 40.8 Å². The zero-order valence-corrected chi connectivity index (χ0v) is 18.7. The van der Waals surface area contributed by atoms with E-state index in [1.807, 2.05) is 24.5 Å². The fourth-order valence-electron chi connectivity index (χ4n) is 3.50. The number of nitrogens with zero attached hydrogens (tertiary/aromatic N) is 5. The Morgan fingerprint density at radius 2 is 1.86 bits per heavy atom. The van der Waals surface area contributed by atoms with Gasteiger partial charge in [-0.15, -0.1) is 0 Å². The molecule has 0 radical (unpaired) electrons. The molecule has 0 saturated carbocycles. The molecule has 0 aliphatic carbocycles. The summed E-state index contributed by atoms with van der Waals surface area (Å²) in [6.45, 7) is 5.08. The molecule has 1 aliphatic heterocycles. The van der Waals surface area contributed by atoms with E-state index in [9.17, 15) is 0 Å². The fourth-order valence-corrected chi connectivity index (χ4v) is 3.50. The van der Waals surface area contributed by atoms with E-state index in [2.05, 4.69) is 30.3 Å². The van der Waals surface area contributed by atoms with Gasteiger partial charge in [0.05, 0.1) is 38.3 Å². The normalized spacial score (nSPS) is 13.8. The topological polar surface area (TPSA) is 98.0 Å². The van der Waals surface area contributed by atoms with Crippen molar-refractivity contribution in [3.05, 3.63) is 30.6 Å². The first kappa shape index (κ1) is 23.3. The first-order chi connectivity index (χ1) is 13.8. The SMILES string of the molecule is COc1cc(N=Nc2n(CCCN)cc[n+]2CCCN)ccc1N1CCCC1.[Br-]. The van der Waals surface area contributed by atoms with Crippen molar-refractivity contribution < 1.29 is 26.3 Å². The molecule has 0 bridgehead atoms. The van der Waals surface area contributed by atoms with Crippen LogP contribution in [0, 0.1) is 0 Å². The lowest BCUT2D eigenvalue weighted by molar-refractivity contribution is -0.683. The van der Waals surface area contributed by atoms with Crippen molar-refractivity contribution in [3.8, 4) is 5.75 Å². The van der Waals surface area contributed by atoms with Crippen LogP contribution in [0.25, 0.3) is 0 Å². The third-order valence-corrected chi connectivity index (χ3v) is 5.01. The second-order valence-corrected chi connectivity index (χ2v) is 7.02. The van der Waals surface area contributed by atoms with E-state index in [-0.39, 0.29) is 17.0 Å². The quantitative estimate of drug-likeness (QED) is 0.365. The van der Waals surface area contributed by atoms with Crippen molar-refractivity contribution in [2.75, 3.05) is 38.2 Å². The van der Waals surface area contributed by atoms with Crippen LogP contribution in [-0.4, -0.2) is 37.9 Å². The minimum Gasteiger partial charge on any atom is -1.00 e. The van der Waals surface area contributed by atoms with Crippen LogP contribution >= 0.6 is 0 Å². The molecule has 1 aromatic heterocycles. The van der Waals surface area contributed by atoms with Crippen LogP contribution < -0.4 is 42.7 Å². The third kappa shape index (κ3) is 6.01. The molecule has 2 aromatic rings. The van der Waals surface area contributed by atoms with Gasteiger partial charge in [0, 0.05) is 24.3 Å². The lowest BCUT2D eigenvalue weighted by Crippen LogP contribution is -3.00. The first-order valence-corrected chi connectivity index (χ1v) is 10.1. The van der Waals surface area contributed by atoms with Crippen LogP contribution in [0.4, 0.5) is 17.3 Å². The Bertz CT molecular complexity index is 762. The smallest absolute Gasteiger partial charge is 0.421 e. The summed E-state index contributed by atoms with van der Waals surface area (Å²) in [4.78, 5) is 2.36. The molecular weight excluding hydrogens is 434 g/mol. The second kappa shape index (κ2) is 11.9. The van der Waals surface area contributed by atoms with Crippen molar-refractivity contribution in [1.29, 1.82) is 0 Å². The molecule has 1 aliphatic rings. The van der Waals surface area contributed by atoms with Gasteiger partial charge in [-0.1, -0.05) is 5.11 Å². The van der Waals surface area contributed by atoms with Crippen molar-refractivity contribution in [3.63, 3.8) is 0 Å². The van der Waals surface area contributed by atoms with E-state index in [0.717, 1.165) is 62.1 Å². The number of anilines is 1. The number of ether oxygens (including phenoxy) is 1. The molecule has 1 saturated heterocycles. The lowest BCUT2D eigenvalue weighted by atomic mass is 10.2. The van der Waals surface area contributed by atoms with Gasteiger partial charge in [0.25, 0.3) is 0 Å². The minimum absolute atomic E-state index is 0. The lowest BCUT2D eigenvalue weighted by Gasteiger charge is -2.20. The number of azo groups is 1. The van der Waals surface area contributed by atoms with Crippen LogP contribution in [0.2, 0.25) is 0 Å². The summed E-state index contributed by atoms with van der Waals surface area (Å²) in [7, 11) is 1.70. The van der Waals surface area contributed by atoms with Gasteiger partial charge in [0.15, 0.2) is 0 Å². The van der Waals surface area contributed by atoms with E-state index in [1.54, 1.807) is 7.11 Å². The molecule has 0 amide bonds. The third-order valence-electron chi connectivity index (χ3n) is 5.01. The zero-order chi connectivity index (χ0) is 19.8. The Kier molecular flexibility index (Phi) is 9.56. The summed E-state index contributed by atoms with van der Waals surface area (Å²) in [5.41, 5.74) is 13.2. The van der Waals surface area contributed by atoms with Crippen molar-refractivity contribution >= 4 is 17.3 Å². The number of methoxy groups -OCH3 is 1. The summed E-state index contributed by atoms with van der Waals surface area (Å²) < 4.78 is 9.78. The molecular formula is C20H32BrN7O. The molecule has 0 unspecified atom stereocenters. The highest BCUT2D eigenvalue weighted by Crippen LogP contribution is 2.34. The predicted octanol–water partition coefficient (Wildman–Crippen LogP) is -0.499. The highest BCUT2D eigenvalue weighted by molar-refractivity contribution is 5.64. The first-order valence-electron chi connectivity index (χ1n) is 10.1. The number of rotatable bonds is 10. The maximum atomic E-state index is 5.67. The Balaban J connectivity index is 0.00000300. The van der Waals surface area contributed by atoms with E-state index in [1.165, 1.54) is 12.8 Å². The standard InChI is InChI=1S/C20H32N7O.BrH/c1-28-19-16-17(6-7-18(19)25-10-2-3-11-25)23-24-20-26(12-4-8-21)14-15-27(20)13-5-9-22;/h6-7,14-16H,2-5,8-13,21-22H2,1H3;1H/q+1;/p-1. The number of aromatic nitrogens is 2. The van der Waals surface area contributed by atoms with Crippen LogP contribution in [0.5, 0.6) is 5.75 Å². The van der Waals surface area contributed by atoms with Gasteiger partial charge in [-0.2, -0.15) is 0 Å². The zero-order valence-electron chi connectivity index (χ0n) is 17.1. The largest absolute Gasteiger partial charge is 1.00 e. The maximum absolute atomic E-state index is 5.67. The number of halogens is 1. The Morgan fingerprint density at radius 3 is 2.55 bits per heavy atom. The molecule has 1 aromatic carbocycles.